The maximum absolute atomic E-state index is 12.0. The molecular formula is C13H12Cl2N4O. The lowest BCUT2D eigenvalue weighted by atomic mass is 10.1. The van der Waals surface area contributed by atoms with Crippen molar-refractivity contribution in [2.45, 2.75) is 6.92 Å². The zero-order chi connectivity index (χ0) is 14.7. The Labute approximate surface area is 126 Å². The summed E-state index contributed by atoms with van der Waals surface area (Å²) >= 11 is 11.7. The second-order valence-corrected chi connectivity index (χ2v) is 4.78. The summed E-state index contributed by atoms with van der Waals surface area (Å²) in [5.74, 6) is 0.157. The molecule has 1 aromatic carbocycles. The van der Waals surface area contributed by atoms with E-state index in [1.54, 1.807) is 13.1 Å². The minimum Gasteiger partial charge on any atom is -0.355 e. The van der Waals surface area contributed by atoms with Crippen LogP contribution in [0.25, 0.3) is 0 Å². The van der Waals surface area contributed by atoms with E-state index in [9.17, 15) is 4.79 Å². The van der Waals surface area contributed by atoms with Crippen LogP contribution in [0.3, 0.4) is 0 Å². The predicted octanol–water partition coefficient (Wildman–Crippen LogP) is 3.20. The highest BCUT2D eigenvalue weighted by Gasteiger charge is 2.14. The number of amides is 1. The van der Waals surface area contributed by atoms with Gasteiger partial charge < -0.3 is 10.6 Å². The molecule has 2 N–H and O–H groups in total. The minimum absolute atomic E-state index is 0.0750. The summed E-state index contributed by atoms with van der Waals surface area (Å²) in [6.45, 7) is 1.85. The van der Waals surface area contributed by atoms with Gasteiger partial charge in [-0.25, -0.2) is 4.98 Å². The lowest BCUT2D eigenvalue weighted by Crippen LogP contribution is -2.20. The number of halogens is 2. The summed E-state index contributed by atoms with van der Waals surface area (Å²) in [5.41, 5.74) is 1.97. The Morgan fingerprint density at radius 3 is 2.75 bits per heavy atom. The Balaban J connectivity index is 2.46. The fourth-order valence-electron chi connectivity index (χ4n) is 1.76. The molecule has 0 fully saturated rings. The Hall–Kier alpha value is -1.85. The molecule has 20 heavy (non-hydrogen) atoms. The molecule has 1 aromatic heterocycles. The number of carbonyl (C=O) groups is 1. The molecule has 0 saturated heterocycles. The molecule has 0 bridgehead atoms. The van der Waals surface area contributed by atoms with Crippen LogP contribution in [0.4, 0.5) is 11.5 Å². The van der Waals surface area contributed by atoms with Crippen molar-refractivity contribution in [1.29, 1.82) is 0 Å². The molecule has 0 aliphatic heterocycles. The first-order chi connectivity index (χ1) is 9.52. The number of nitrogens with zero attached hydrogens (tertiary/aromatic N) is 2. The SMILES string of the molecule is CNC(=O)c1c(C)cccc1Nc1nc(Cl)ncc1Cl. The van der Waals surface area contributed by atoms with Gasteiger partial charge in [-0.1, -0.05) is 23.7 Å². The molecule has 7 heteroatoms. The third-order valence-electron chi connectivity index (χ3n) is 2.69. The maximum atomic E-state index is 12.0. The van der Waals surface area contributed by atoms with E-state index in [-0.39, 0.29) is 11.2 Å². The van der Waals surface area contributed by atoms with Gasteiger partial charge in [0.1, 0.15) is 5.02 Å². The van der Waals surface area contributed by atoms with Gasteiger partial charge in [-0.15, -0.1) is 0 Å². The minimum atomic E-state index is -0.193. The number of aryl methyl sites for hydroxylation is 1. The van der Waals surface area contributed by atoms with Crippen molar-refractivity contribution in [3.05, 3.63) is 45.8 Å². The summed E-state index contributed by atoms with van der Waals surface area (Å²) in [5, 5.41) is 6.01. The highest BCUT2D eigenvalue weighted by Crippen LogP contribution is 2.27. The number of hydrogen-bond donors (Lipinski definition) is 2. The lowest BCUT2D eigenvalue weighted by Gasteiger charge is -2.13. The number of anilines is 2. The van der Waals surface area contributed by atoms with Crippen molar-refractivity contribution in [2.24, 2.45) is 0 Å². The van der Waals surface area contributed by atoms with Gasteiger partial charge >= 0.3 is 0 Å². The van der Waals surface area contributed by atoms with Crippen molar-refractivity contribution < 1.29 is 4.79 Å². The monoisotopic (exact) mass is 310 g/mol. The molecule has 5 nitrogen and oxygen atoms in total. The van der Waals surface area contributed by atoms with Crippen LogP contribution in [0, 0.1) is 6.92 Å². The first-order valence-electron chi connectivity index (χ1n) is 5.79. The third-order valence-corrected chi connectivity index (χ3v) is 3.15. The van der Waals surface area contributed by atoms with Gasteiger partial charge in [0.05, 0.1) is 17.4 Å². The number of nitrogens with one attached hydrogen (secondary N) is 2. The molecule has 2 rings (SSSR count). The zero-order valence-corrected chi connectivity index (χ0v) is 12.4. The van der Waals surface area contributed by atoms with Gasteiger partial charge in [0.2, 0.25) is 5.28 Å². The van der Waals surface area contributed by atoms with Gasteiger partial charge in [-0.2, -0.15) is 4.98 Å². The molecular weight excluding hydrogens is 299 g/mol. The number of hydrogen-bond acceptors (Lipinski definition) is 4. The summed E-state index contributed by atoms with van der Waals surface area (Å²) in [7, 11) is 1.58. The number of carbonyl (C=O) groups excluding carboxylic acids is 1. The summed E-state index contributed by atoms with van der Waals surface area (Å²) in [6.07, 6.45) is 1.40. The fraction of sp³-hybridized carbons (Fsp3) is 0.154. The summed E-state index contributed by atoms with van der Waals surface area (Å²) in [6, 6.07) is 5.45. The van der Waals surface area contributed by atoms with Crippen LogP contribution in [0.5, 0.6) is 0 Å². The Morgan fingerprint density at radius 2 is 2.05 bits per heavy atom. The standard InChI is InChI=1S/C13H12Cl2N4O/c1-7-4-3-5-9(10(7)12(20)16-2)18-11-8(14)6-17-13(15)19-11/h3-6H,1-2H3,(H,16,20)(H,17,18,19). The zero-order valence-electron chi connectivity index (χ0n) is 10.9. The van der Waals surface area contributed by atoms with Gasteiger partial charge in [-0.3, -0.25) is 4.79 Å². The van der Waals surface area contributed by atoms with E-state index in [2.05, 4.69) is 20.6 Å². The van der Waals surface area contributed by atoms with Crippen LogP contribution < -0.4 is 10.6 Å². The largest absolute Gasteiger partial charge is 0.355 e. The van der Waals surface area contributed by atoms with E-state index in [4.69, 9.17) is 23.2 Å². The second-order valence-electron chi connectivity index (χ2n) is 4.04. The molecule has 0 atom stereocenters. The van der Waals surface area contributed by atoms with Gasteiger partial charge in [0, 0.05) is 7.05 Å². The van der Waals surface area contributed by atoms with Gasteiger partial charge in [-0.05, 0) is 30.2 Å². The molecule has 2 aromatic rings. The van der Waals surface area contributed by atoms with Crippen LogP contribution in [0.15, 0.2) is 24.4 Å². The summed E-state index contributed by atoms with van der Waals surface area (Å²) in [4.78, 5) is 19.7. The van der Waals surface area contributed by atoms with Crippen molar-refractivity contribution in [3.8, 4) is 0 Å². The first kappa shape index (κ1) is 14.6. The third kappa shape index (κ3) is 3.00. The van der Waals surface area contributed by atoms with E-state index in [1.165, 1.54) is 6.20 Å². The van der Waals surface area contributed by atoms with Gasteiger partial charge in [0.25, 0.3) is 5.91 Å². The maximum Gasteiger partial charge on any atom is 0.253 e. The molecule has 0 aliphatic carbocycles. The number of benzene rings is 1. The van der Waals surface area contributed by atoms with Crippen LogP contribution >= 0.6 is 23.2 Å². The van der Waals surface area contributed by atoms with E-state index in [1.807, 2.05) is 19.1 Å². The van der Waals surface area contributed by atoms with Crippen LogP contribution in [0.2, 0.25) is 10.3 Å². The average Bonchev–Trinajstić information content (AvgIpc) is 2.42. The van der Waals surface area contributed by atoms with E-state index in [0.717, 1.165) is 5.56 Å². The van der Waals surface area contributed by atoms with E-state index in [0.29, 0.717) is 22.1 Å². The van der Waals surface area contributed by atoms with Crippen LogP contribution in [-0.2, 0) is 0 Å². The van der Waals surface area contributed by atoms with Crippen LogP contribution in [0.1, 0.15) is 15.9 Å². The van der Waals surface area contributed by atoms with Crippen molar-refractivity contribution in [1.82, 2.24) is 15.3 Å². The second kappa shape index (κ2) is 6.07. The van der Waals surface area contributed by atoms with Crippen LogP contribution in [-0.4, -0.2) is 22.9 Å². The lowest BCUT2D eigenvalue weighted by molar-refractivity contribution is 0.0963. The first-order valence-corrected chi connectivity index (χ1v) is 6.55. The Bertz CT molecular complexity index is 661. The molecule has 1 amide bonds. The quantitative estimate of drug-likeness (QED) is 0.854. The molecule has 0 unspecified atom stereocenters. The summed E-state index contributed by atoms with van der Waals surface area (Å²) < 4.78 is 0. The normalized spacial score (nSPS) is 10.2. The van der Waals surface area contributed by atoms with Crippen molar-refractivity contribution in [2.75, 3.05) is 12.4 Å². The Morgan fingerprint density at radius 1 is 1.30 bits per heavy atom. The molecule has 0 aliphatic rings. The topological polar surface area (TPSA) is 66.9 Å². The average molecular weight is 311 g/mol. The van der Waals surface area contributed by atoms with E-state index < -0.39 is 0 Å². The molecule has 1 heterocycles. The number of aromatic nitrogens is 2. The fourth-order valence-corrected chi connectivity index (χ4v) is 2.03. The highest BCUT2D eigenvalue weighted by molar-refractivity contribution is 6.33. The molecule has 0 saturated carbocycles. The molecule has 0 radical (unpaired) electrons. The molecule has 104 valence electrons. The highest BCUT2D eigenvalue weighted by atomic mass is 35.5. The number of rotatable bonds is 3. The predicted molar refractivity (Wildman–Crippen MR) is 79.9 cm³/mol. The molecule has 0 spiro atoms. The smallest absolute Gasteiger partial charge is 0.253 e. The van der Waals surface area contributed by atoms with Crippen molar-refractivity contribution in [3.63, 3.8) is 0 Å². The van der Waals surface area contributed by atoms with Gasteiger partial charge in [0.15, 0.2) is 5.82 Å². The Kier molecular flexibility index (Phi) is 4.42. The van der Waals surface area contributed by atoms with Crippen molar-refractivity contribution >= 4 is 40.6 Å². The van der Waals surface area contributed by atoms with E-state index >= 15 is 0 Å².